The number of esters is 1. The standard InChI is InChI=1S/C28H37N3O2/c1-18(2)21-8-10-22(11-9-21)29-27-30-24-14-20(15-26(32)33-6)7-12-25(24)31(27)23-13-19(3)16-28(4,5)17-23/h7-12,14,18-19,23H,13,15-17H2,1-6H3,(H,29,30)/t19-,23+/m0/s1. The van der Waals surface area contributed by atoms with E-state index in [4.69, 9.17) is 9.72 Å². The second-order valence-corrected chi connectivity index (χ2v) is 10.9. The van der Waals surface area contributed by atoms with E-state index in [1.54, 1.807) is 0 Å². The van der Waals surface area contributed by atoms with Crippen molar-refractivity contribution in [1.82, 2.24) is 9.55 Å². The topological polar surface area (TPSA) is 56.1 Å². The predicted octanol–water partition coefficient (Wildman–Crippen LogP) is 7.01. The molecule has 0 aliphatic heterocycles. The minimum atomic E-state index is -0.236. The van der Waals surface area contributed by atoms with Gasteiger partial charge in [-0.1, -0.05) is 52.8 Å². The Bertz CT molecular complexity index is 1130. The first-order valence-electron chi connectivity index (χ1n) is 12.1. The van der Waals surface area contributed by atoms with Crippen LogP contribution in [0.25, 0.3) is 11.0 Å². The van der Waals surface area contributed by atoms with E-state index in [-0.39, 0.29) is 12.4 Å². The molecule has 1 fully saturated rings. The molecule has 176 valence electrons. The number of methoxy groups -OCH3 is 1. The molecule has 2 atom stereocenters. The van der Waals surface area contributed by atoms with E-state index >= 15 is 0 Å². The number of nitrogens with zero attached hydrogens (tertiary/aromatic N) is 2. The van der Waals surface area contributed by atoms with E-state index in [0.29, 0.717) is 23.3 Å². The molecule has 0 amide bonds. The van der Waals surface area contributed by atoms with Gasteiger partial charge in [-0.2, -0.15) is 0 Å². The summed E-state index contributed by atoms with van der Waals surface area (Å²) in [4.78, 5) is 16.8. The van der Waals surface area contributed by atoms with Crippen LogP contribution in [0, 0.1) is 11.3 Å². The average molecular weight is 448 g/mol. The van der Waals surface area contributed by atoms with Crippen LogP contribution in [0.3, 0.4) is 0 Å². The van der Waals surface area contributed by atoms with Crippen molar-refractivity contribution in [3.8, 4) is 0 Å². The second kappa shape index (κ2) is 9.20. The van der Waals surface area contributed by atoms with E-state index in [2.05, 4.69) is 74.8 Å². The summed E-state index contributed by atoms with van der Waals surface area (Å²) in [7, 11) is 1.42. The largest absolute Gasteiger partial charge is 0.469 e. The Kier molecular flexibility index (Phi) is 6.51. The molecule has 0 unspecified atom stereocenters. The van der Waals surface area contributed by atoms with Gasteiger partial charge in [0.15, 0.2) is 0 Å². The Labute approximate surface area is 197 Å². The molecule has 5 nitrogen and oxygen atoms in total. The van der Waals surface area contributed by atoms with Gasteiger partial charge < -0.3 is 14.6 Å². The Morgan fingerprint density at radius 2 is 1.91 bits per heavy atom. The number of nitrogens with one attached hydrogen (secondary N) is 1. The first kappa shape index (κ1) is 23.3. The van der Waals surface area contributed by atoms with E-state index in [1.807, 2.05) is 12.1 Å². The molecule has 33 heavy (non-hydrogen) atoms. The molecular formula is C28H37N3O2. The Morgan fingerprint density at radius 1 is 1.18 bits per heavy atom. The summed E-state index contributed by atoms with van der Waals surface area (Å²) in [6.45, 7) is 11.5. The third-order valence-electron chi connectivity index (χ3n) is 6.89. The van der Waals surface area contributed by atoms with Gasteiger partial charge in [0.1, 0.15) is 0 Å². The van der Waals surface area contributed by atoms with Crippen molar-refractivity contribution in [2.24, 2.45) is 11.3 Å². The fourth-order valence-electron chi connectivity index (χ4n) is 5.52. The molecule has 1 aromatic heterocycles. The first-order valence-corrected chi connectivity index (χ1v) is 12.1. The van der Waals surface area contributed by atoms with Gasteiger partial charge >= 0.3 is 5.97 Å². The highest BCUT2D eigenvalue weighted by Crippen LogP contribution is 2.46. The lowest BCUT2D eigenvalue weighted by molar-refractivity contribution is -0.139. The molecular weight excluding hydrogens is 410 g/mol. The van der Waals surface area contributed by atoms with Crippen LogP contribution >= 0.6 is 0 Å². The normalized spacial score (nSPS) is 20.2. The molecule has 0 radical (unpaired) electrons. The molecule has 3 aromatic rings. The van der Waals surface area contributed by atoms with Crippen molar-refractivity contribution in [2.75, 3.05) is 12.4 Å². The van der Waals surface area contributed by atoms with Crippen molar-refractivity contribution in [3.05, 3.63) is 53.6 Å². The molecule has 2 aromatic carbocycles. The highest BCUT2D eigenvalue weighted by molar-refractivity contribution is 5.82. The van der Waals surface area contributed by atoms with E-state index < -0.39 is 0 Å². The van der Waals surface area contributed by atoms with Crippen LogP contribution in [0.5, 0.6) is 0 Å². The quantitative estimate of drug-likeness (QED) is 0.413. The molecule has 0 spiro atoms. The maximum absolute atomic E-state index is 11.8. The summed E-state index contributed by atoms with van der Waals surface area (Å²) in [5, 5.41) is 3.60. The number of fused-ring (bicyclic) bond motifs is 1. The Balaban J connectivity index is 1.75. The highest BCUT2D eigenvalue weighted by atomic mass is 16.5. The van der Waals surface area contributed by atoms with Crippen LogP contribution in [0.4, 0.5) is 11.6 Å². The lowest BCUT2D eigenvalue weighted by atomic mass is 9.70. The highest BCUT2D eigenvalue weighted by Gasteiger charge is 2.34. The summed E-state index contributed by atoms with van der Waals surface area (Å²) < 4.78 is 7.25. The van der Waals surface area contributed by atoms with Gasteiger partial charge in [0.25, 0.3) is 0 Å². The monoisotopic (exact) mass is 447 g/mol. The zero-order valence-corrected chi connectivity index (χ0v) is 20.8. The number of hydrogen-bond donors (Lipinski definition) is 1. The number of rotatable bonds is 6. The number of imidazole rings is 1. The third kappa shape index (κ3) is 5.23. The van der Waals surface area contributed by atoms with Gasteiger partial charge in [0, 0.05) is 11.7 Å². The third-order valence-corrected chi connectivity index (χ3v) is 6.89. The van der Waals surface area contributed by atoms with Crippen LogP contribution < -0.4 is 5.32 Å². The van der Waals surface area contributed by atoms with Crippen molar-refractivity contribution >= 4 is 28.6 Å². The molecule has 1 aliphatic rings. The van der Waals surface area contributed by atoms with Crippen molar-refractivity contribution in [3.63, 3.8) is 0 Å². The molecule has 0 saturated heterocycles. The fourth-order valence-corrected chi connectivity index (χ4v) is 5.52. The van der Waals surface area contributed by atoms with E-state index in [1.165, 1.54) is 19.1 Å². The zero-order valence-electron chi connectivity index (χ0n) is 20.8. The summed E-state index contributed by atoms with van der Waals surface area (Å²) >= 11 is 0. The minimum absolute atomic E-state index is 0.236. The Morgan fingerprint density at radius 3 is 2.55 bits per heavy atom. The van der Waals surface area contributed by atoms with E-state index in [0.717, 1.165) is 41.1 Å². The molecule has 1 heterocycles. The lowest BCUT2D eigenvalue weighted by Crippen LogP contribution is -2.29. The molecule has 1 N–H and O–H groups in total. The molecule has 0 bridgehead atoms. The number of carbonyl (C=O) groups is 1. The smallest absolute Gasteiger partial charge is 0.309 e. The van der Waals surface area contributed by atoms with Crippen LogP contribution in [-0.2, 0) is 16.0 Å². The van der Waals surface area contributed by atoms with Gasteiger partial charge in [-0.15, -0.1) is 0 Å². The van der Waals surface area contributed by atoms with Crippen molar-refractivity contribution in [2.45, 2.75) is 72.3 Å². The summed E-state index contributed by atoms with van der Waals surface area (Å²) in [6, 6.07) is 15.2. The summed E-state index contributed by atoms with van der Waals surface area (Å²) in [5.41, 5.74) is 5.59. The van der Waals surface area contributed by atoms with Gasteiger partial charge in [0.2, 0.25) is 5.95 Å². The van der Waals surface area contributed by atoms with Crippen LogP contribution in [0.2, 0.25) is 0 Å². The number of anilines is 2. The molecule has 1 aliphatic carbocycles. The average Bonchev–Trinajstić information content (AvgIpc) is 3.09. The maximum atomic E-state index is 11.8. The number of hydrogen-bond acceptors (Lipinski definition) is 4. The summed E-state index contributed by atoms with van der Waals surface area (Å²) in [6.07, 6.45) is 3.76. The zero-order chi connectivity index (χ0) is 23.8. The molecule has 4 rings (SSSR count). The van der Waals surface area contributed by atoms with Crippen molar-refractivity contribution < 1.29 is 9.53 Å². The van der Waals surface area contributed by atoms with Gasteiger partial charge in [-0.05, 0) is 71.9 Å². The van der Waals surface area contributed by atoms with Crippen LogP contribution in [0.15, 0.2) is 42.5 Å². The van der Waals surface area contributed by atoms with Crippen LogP contribution in [-0.4, -0.2) is 22.6 Å². The minimum Gasteiger partial charge on any atom is -0.469 e. The predicted molar refractivity (Wildman–Crippen MR) is 135 cm³/mol. The number of benzene rings is 2. The van der Waals surface area contributed by atoms with Gasteiger partial charge in [0.05, 0.1) is 24.6 Å². The molecule has 5 heteroatoms. The van der Waals surface area contributed by atoms with Gasteiger partial charge in [-0.3, -0.25) is 4.79 Å². The lowest BCUT2D eigenvalue weighted by Gasteiger charge is -2.40. The van der Waals surface area contributed by atoms with Crippen LogP contribution in [0.1, 0.15) is 77.0 Å². The maximum Gasteiger partial charge on any atom is 0.309 e. The number of aromatic nitrogens is 2. The number of carbonyl (C=O) groups excluding carboxylic acids is 1. The van der Waals surface area contributed by atoms with Gasteiger partial charge in [-0.25, -0.2) is 4.98 Å². The Hall–Kier alpha value is -2.82. The summed E-state index contributed by atoms with van der Waals surface area (Å²) in [5.74, 6) is 1.79. The second-order valence-electron chi connectivity index (χ2n) is 10.9. The fraction of sp³-hybridized carbons (Fsp3) is 0.500. The SMILES string of the molecule is COC(=O)Cc1ccc2c(c1)nc(Nc1ccc(C(C)C)cc1)n2[C@@H]1C[C@H](C)CC(C)(C)C1. The van der Waals surface area contributed by atoms with Crippen molar-refractivity contribution in [1.29, 1.82) is 0 Å². The molecule has 1 saturated carbocycles. The van der Waals surface area contributed by atoms with E-state index in [9.17, 15) is 4.79 Å². The number of ether oxygens (including phenoxy) is 1. The first-order chi connectivity index (χ1) is 15.6.